The van der Waals surface area contributed by atoms with Crippen molar-refractivity contribution in [2.24, 2.45) is 0 Å². The van der Waals surface area contributed by atoms with Gasteiger partial charge in [0, 0.05) is 32.0 Å². The van der Waals surface area contributed by atoms with Crippen LogP contribution in [0.5, 0.6) is 0 Å². The summed E-state index contributed by atoms with van der Waals surface area (Å²) in [6, 6.07) is 10.2. The smallest absolute Gasteiger partial charge is 0.230 e. The minimum atomic E-state index is -0.506. The van der Waals surface area contributed by atoms with Gasteiger partial charge in [-0.25, -0.2) is 4.39 Å². The van der Waals surface area contributed by atoms with Gasteiger partial charge in [-0.2, -0.15) is 0 Å². The van der Waals surface area contributed by atoms with Gasteiger partial charge in [-0.05, 0) is 30.2 Å². The van der Waals surface area contributed by atoms with E-state index in [-0.39, 0.29) is 17.8 Å². The largest absolute Gasteiger partial charge is 0.333 e. The quantitative estimate of drug-likeness (QED) is 0.947. The van der Waals surface area contributed by atoms with E-state index in [1.54, 1.807) is 37.5 Å². The lowest BCUT2D eigenvalue weighted by Crippen LogP contribution is -2.49. The molecule has 1 fully saturated rings. The number of aromatic nitrogens is 1. The van der Waals surface area contributed by atoms with Crippen molar-refractivity contribution in [2.75, 3.05) is 19.6 Å². The highest BCUT2D eigenvalue weighted by molar-refractivity contribution is 5.84. The van der Waals surface area contributed by atoms with Crippen LogP contribution in [0.1, 0.15) is 30.0 Å². The summed E-state index contributed by atoms with van der Waals surface area (Å²) < 4.78 is 14.0. The summed E-state index contributed by atoms with van der Waals surface area (Å²) in [5.74, 6) is -0.889. The lowest BCUT2D eigenvalue weighted by molar-refractivity contribution is -0.135. The van der Waals surface area contributed by atoms with Gasteiger partial charge in [0.1, 0.15) is 5.82 Å². The van der Waals surface area contributed by atoms with Gasteiger partial charge in [0.15, 0.2) is 0 Å². The number of nitrogens with one attached hydrogen (secondary N) is 1. The SMILES string of the molecule is CC(C(=O)N1CCNCC1c1cccnc1)c1ccccc1F. The molecule has 1 aliphatic heterocycles. The average molecular weight is 313 g/mol. The minimum Gasteiger partial charge on any atom is -0.333 e. The van der Waals surface area contributed by atoms with Gasteiger partial charge in [-0.3, -0.25) is 9.78 Å². The van der Waals surface area contributed by atoms with Gasteiger partial charge >= 0.3 is 0 Å². The molecule has 4 nitrogen and oxygen atoms in total. The zero-order valence-electron chi connectivity index (χ0n) is 13.1. The van der Waals surface area contributed by atoms with Crippen LogP contribution in [-0.4, -0.2) is 35.4 Å². The van der Waals surface area contributed by atoms with Gasteiger partial charge in [0.2, 0.25) is 5.91 Å². The summed E-state index contributed by atoms with van der Waals surface area (Å²) in [6.45, 7) is 3.80. The summed E-state index contributed by atoms with van der Waals surface area (Å²) in [5, 5.41) is 3.31. The summed E-state index contributed by atoms with van der Waals surface area (Å²) in [6.07, 6.45) is 3.50. The van der Waals surface area contributed by atoms with Crippen molar-refractivity contribution in [1.82, 2.24) is 15.2 Å². The molecule has 2 atom stereocenters. The van der Waals surface area contributed by atoms with Crippen molar-refractivity contribution in [3.05, 3.63) is 65.7 Å². The van der Waals surface area contributed by atoms with E-state index in [0.717, 1.165) is 12.1 Å². The molecule has 1 aromatic heterocycles. The maximum Gasteiger partial charge on any atom is 0.230 e. The molecule has 1 saturated heterocycles. The molecule has 1 aromatic carbocycles. The Hall–Kier alpha value is -2.27. The first kappa shape index (κ1) is 15.6. The van der Waals surface area contributed by atoms with Crippen molar-refractivity contribution >= 4 is 5.91 Å². The molecule has 0 bridgehead atoms. The first-order valence-electron chi connectivity index (χ1n) is 7.84. The van der Waals surface area contributed by atoms with Crippen molar-refractivity contribution in [2.45, 2.75) is 18.9 Å². The van der Waals surface area contributed by atoms with E-state index in [2.05, 4.69) is 10.3 Å². The molecule has 5 heteroatoms. The van der Waals surface area contributed by atoms with Gasteiger partial charge in [0.05, 0.1) is 12.0 Å². The Bertz CT molecular complexity index is 677. The molecule has 1 amide bonds. The minimum absolute atomic E-state index is 0.0505. The molecule has 2 aromatic rings. The highest BCUT2D eigenvalue weighted by Crippen LogP contribution is 2.27. The van der Waals surface area contributed by atoms with Gasteiger partial charge in [-0.1, -0.05) is 24.3 Å². The molecule has 120 valence electrons. The molecule has 2 heterocycles. The van der Waals surface area contributed by atoms with Crippen molar-refractivity contribution in [3.63, 3.8) is 0 Å². The van der Waals surface area contributed by atoms with Crippen LogP contribution in [0.3, 0.4) is 0 Å². The lowest BCUT2D eigenvalue weighted by atomic mass is 9.96. The number of hydrogen-bond acceptors (Lipinski definition) is 3. The standard InChI is InChI=1S/C18H20FN3O/c1-13(15-6-2-3-7-16(15)19)18(23)22-10-9-21-12-17(22)14-5-4-8-20-11-14/h2-8,11,13,17,21H,9-10,12H2,1H3. The molecular weight excluding hydrogens is 293 g/mol. The third-order valence-corrected chi connectivity index (χ3v) is 4.34. The molecule has 0 saturated carbocycles. The molecule has 2 unspecified atom stereocenters. The Morgan fingerprint density at radius 2 is 2.17 bits per heavy atom. The number of hydrogen-bond donors (Lipinski definition) is 1. The van der Waals surface area contributed by atoms with E-state index in [4.69, 9.17) is 0 Å². The number of piperazine rings is 1. The van der Waals surface area contributed by atoms with E-state index in [1.807, 2.05) is 17.0 Å². The highest BCUT2D eigenvalue weighted by Gasteiger charge is 2.32. The van der Waals surface area contributed by atoms with Crippen molar-refractivity contribution in [3.8, 4) is 0 Å². The van der Waals surface area contributed by atoms with Crippen LogP contribution in [0.25, 0.3) is 0 Å². The van der Waals surface area contributed by atoms with Crippen LogP contribution < -0.4 is 5.32 Å². The van der Waals surface area contributed by atoms with Gasteiger partial charge in [-0.15, -0.1) is 0 Å². The van der Waals surface area contributed by atoms with Crippen LogP contribution in [0.2, 0.25) is 0 Å². The second kappa shape index (κ2) is 6.87. The normalized spacial score (nSPS) is 19.4. The van der Waals surface area contributed by atoms with E-state index in [9.17, 15) is 9.18 Å². The van der Waals surface area contributed by atoms with Crippen molar-refractivity contribution < 1.29 is 9.18 Å². The monoisotopic (exact) mass is 313 g/mol. The first-order chi connectivity index (χ1) is 11.2. The molecule has 0 aliphatic carbocycles. The summed E-state index contributed by atoms with van der Waals surface area (Å²) in [7, 11) is 0. The van der Waals surface area contributed by atoms with Crippen LogP contribution in [0, 0.1) is 5.82 Å². The maximum absolute atomic E-state index is 14.0. The van der Waals surface area contributed by atoms with Crippen LogP contribution in [-0.2, 0) is 4.79 Å². The van der Waals surface area contributed by atoms with Gasteiger partial charge < -0.3 is 10.2 Å². The number of carbonyl (C=O) groups excluding carboxylic acids is 1. The number of carbonyl (C=O) groups is 1. The Labute approximate surface area is 135 Å². The number of pyridine rings is 1. The molecule has 0 radical (unpaired) electrons. The third-order valence-electron chi connectivity index (χ3n) is 4.34. The Morgan fingerprint density at radius 1 is 1.35 bits per heavy atom. The van der Waals surface area contributed by atoms with Crippen LogP contribution in [0.4, 0.5) is 4.39 Å². The first-order valence-corrected chi connectivity index (χ1v) is 7.84. The number of rotatable bonds is 3. The fourth-order valence-electron chi connectivity index (χ4n) is 3.05. The average Bonchev–Trinajstić information content (AvgIpc) is 2.62. The molecule has 3 rings (SSSR count). The summed E-state index contributed by atoms with van der Waals surface area (Å²) in [4.78, 5) is 18.9. The topological polar surface area (TPSA) is 45.2 Å². The molecular formula is C18H20FN3O. The van der Waals surface area contributed by atoms with Gasteiger partial charge in [0.25, 0.3) is 0 Å². The third kappa shape index (κ3) is 3.24. The Morgan fingerprint density at radius 3 is 2.91 bits per heavy atom. The zero-order valence-corrected chi connectivity index (χ0v) is 13.1. The summed E-state index contributed by atoms with van der Waals surface area (Å²) >= 11 is 0. The Balaban J connectivity index is 1.86. The maximum atomic E-state index is 14.0. The number of benzene rings is 1. The molecule has 1 N–H and O–H groups in total. The lowest BCUT2D eigenvalue weighted by Gasteiger charge is -2.38. The zero-order chi connectivity index (χ0) is 16.2. The predicted octanol–water partition coefficient (Wildman–Crippen LogP) is 2.50. The van der Waals surface area contributed by atoms with Crippen molar-refractivity contribution in [1.29, 1.82) is 0 Å². The van der Waals surface area contributed by atoms with E-state index < -0.39 is 5.92 Å². The second-order valence-electron chi connectivity index (χ2n) is 5.78. The molecule has 23 heavy (non-hydrogen) atoms. The molecule has 1 aliphatic rings. The second-order valence-corrected chi connectivity index (χ2v) is 5.78. The fraction of sp³-hybridized carbons (Fsp3) is 0.333. The molecule has 0 spiro atoms. The highest BCUT2D eigenvalue weighted by atomic mass is 19.1. The number of halogens is 1. The van der Waals surface area contributed by atoms with E-state index >= 15 is 0 Å². The fourth-order valence-corrected chi connectivity index (χ4v) is 3.05. The van der Waals surface area contributed by atoms with Crippen LogP contribution in [0.15, 0.2) is 48.8 Å². The summed E-state index contributed by atoms with van der Waals surface area (Å²) in [5.41, 5.74) is 1.44. The Kier molecular flexibility index (Phi) is 4.67. The number of nitrogens with zero attached hydrogens (tertiary/aromatic N) is 2. The van der Waals surface area contributed by atoms with E-state index in [1.165, 1.54) is 6.07 Å². The number of amides is 1. The van der Waals surface area contributed by atoms with Crippen LogP contribution >= 0.6 is 0 Å². The van der Waals surface area contributed by atoms with E-state index in [0.29, 0.717) is 18.7 Å². The predicted molar refractivity (Wildman–Crippen MR) is 86.4 cm³/mol.